The maximum atomic E-state index is 12.6. The summed E-state index contributed by atoms with van der Waals surface area (Å²) in [5.41, 5.74) is 2.88. The third-order valence-corrected chi connectivity index (χ3v) is 5.87. The van der Waals surface area contributed by atoms with E-state index in [4.69, 9.17) is 14.5 Å². The number of aryl methyl sites for hydroxylation is 1. The minimum Gasteiger partial charge on any atom is -0.493 e. The molecule has 1 fully saturated rings. The van der Waals surface area contributed by atoms with Gasteiger partial charge in [-0.2, -0.15) is 0 Å². The van der Waals surface area contributed by atoms with E-state index in [2.05, 4.69) is 28.2 Å². The fourth-order valence-corrected chi connectivity index (χ4v) is 4.06. The number of carbonyl (C=O) groups excluding carboxylic acids is 1. The van der Waals surface area contributed by atoms with Gasteiger partial charge < -0.3 is 19.7 Å². The van der Waals surface area contributed by atoms with E-state index in [0.717, 1.165) is 53.9 Å². The highest BCUT2D eigenvalue weighted by Gasteiger charge is 2.26. The number of rotatable bonds is 6. The average molecular weight is 421 g/mol. The van der Waals surface area contributed by atoms with Gasteiger partial charge >= 0.3 is 0 Å². The van der Waals surface area contributed by atoms with Crippen LogP contribution in [-0.2, 0) is 11.3 Å². The summed E-state index contributed by atoms with van der Waals surface area (Å²) in [4.78, 5) is 24.0. The van der Waals surface area contributed by atoms with Crippen LogP contribution in [0.15, 0.2) is 42.6 Å². The van der Waals surface area contributed by atoms with Crippen molar-refractivity contribution in [2.45, 2.75) is 26.3 Å². The van der Waals surface area contributed by atoms with Crippen molar-refractivity contribution < 1.29 is 14.3 Å². The van der Waals surface area contributed by atoms with Gasteiger partial charge in [0.05, 0.1) is 32.0 Å². The summed E-state index contributed by atoms with van der Waals surface area (Å²) < 4.78 is 10.9. The minimum atomic E-state index is 0.0193. The molecule has 2 aromatic heterocycles. The Kier molecular flexibility index (Phi) is 6.21. The number of benzene rings is 1. The van der Waals surface area contributed by atoms with E-state index in [1.165, 1.54) is 0 Å². The fourth-order valence-electron chi connectivity index (χ4n) is 4.06. The summed E-state index contributed by atoms with van der Waals surface area (Å²) in [6.07, 6.45) is 3.35. The van der Waals surface area contributed by atoms with Gasteiger partial charge in [0.25, 0.3) is 0 Å². The van der Waals surface area contributed by atoms with E-state index in [0.29, 0.717) is 18.0 Å². The van der Waals surface area contributed by atoms with Crippen LogP contribution in [0, 0.1) is 12.8 Å². The second kappa shape index (κ2) is 9.20. The molecular weight excluding hydrogens is 392 g/mol. The van der Waals surface area contributed by atoms with E-state index < -0.39 is 0 Å². The lowest BCUT2D eigenvalue weighted by Gasteiger charge is -2.32. The molecule has 1 aliphatic heterocycles. The first-order valence-corrected chi connectivity index (χ1v) is 10.5. The van der Waals surface area contributed by atoms with E-state index in [9.17, 15) is 4.79 Å². The van der Waals surface area contributed by atoms with Crippen molar-refractivity contribution in [1.29, 1.82) is 0 Å². The zero-order valence-corrected chi connectivity index (χ0v) is 18.2. The molecule has 7 nitrogen and oxygen atoms in total. The Labute approximate surface area is 182 Å². The molecule has 0 unspecified atom stereocenters. The van der Waals surface area contributed by atoms with Gasteiger partial charge in [-0.15, -0.1) is 0 Å². The van der Waals surface area contributed by atoms with Gasteiger partial charge in [0, 0.05) is 36.7 Å². The van der Waals surface area contributed by atoms with E-state index in [1.54, 1.807) is 20.4 Å². The molecule has 1 N–H and O–H groups in total. The van der Waals surface area contributed by atoms with Gasteiger partial charge in [0.15, 0.2) is 11.5 Å². The third-order valence-electron chi connectivity index (χ3n) is 5.87. The molecule has 3 heterocycles. The Morgan fingerprint density at radius 2 is 1.87 bits per heavy atom. The molecule has 0 saturated carbocycles. The van der Waals surface area contributed by atoms with Crippen LogP contribution in [0.5, 0.6) is 11.5 Å². The molecule has 1 amide bonds. The summed E-state index contributed by atoms with van der Waals surface area (Å²) in [6.45, 7) is 4.15. The first-order valence-electron chi connectivity index (χ1n) is 10.5. The number of methoxy groups -OCH3 is 2. The van der Waals surface area contributed by atoms with Crippen LogP contribution < -0.4 is 19.7 Å². The first-order chi connectivity index (χ1) is 15.1. The van der Waals surface area contributed by atoms with Gasteiger partial charge in [0.1, 0.15) is 5.82 Å². The molecule has 0 radical (unpaired) electrons. The van der Waals surface area contributed by atoms with Crippen LogP contribution in [0.25, 0.3) is 10.9 Å². The maximum absolute atomic E-state index is 12.6. The lowest BCUT2D eigenvalue weighted by Crippen LogP contribution is -2.40. The van der Waals surface area contributed by atoms with Crippen LogP contribution in [0.1, 0.15) is 24.1 Å². The summed E-state index contributed by atoms with van der Waals surface area (Å²) in [7, 11) is 3.27. The predicted octanol–water partition coefficient (Wildman–Crippen LogP) is 3.49. The smallest absolute Gasteiger partial charge is 0.223 e. The quantitative estimate of drug-likeness (QED) is 0.658. The number of amides is 1. The lowest BCUT2D eigenvalue weighted by molar-refractivity contribution is -0.125. The van der Waals surface area contributed by atoms with E-state index in [1.807, 2.05) is 30.3 Å². The predicted molar refractivity (Wildman–Crippen MR) is 121 cm³/mol. The Morgan fingerprint density at radius 1 is 1.13 bits per heavy atom. The number of nitrogens with one attached hydrogen (secondary N) is 1. The van der Waals surface area contributed by atoms with Gasteiger partial charge in [-0.3, -0.25) is 9.78 Å². The maximum Gasteiger partial charge on any atom is 0.223 e. The van der Waals surface area contributed by atoms with Crippen LogP contribution in [0.4, 0.5) is 5.82 Å². The van der Waals surface area contributed by atoms with Crippen molar-refractivity contribution in [1.82, 2.24) is 15.3 Å². The summed E-state index contributed by atoms with van der Waals surface area (Å²) >= 11 is 0. The largest absolute Gasteiger partial charge is 0.493 e. The first kappa shape index (κ1) is 20.9. The number of pyridine rings is 2. The molecule has 3 aromatic rings. The van der Waals surface area contributed by atoms with Crippen LogP contribution in [0.3, 0.4) is 0 Å². The Hall–Kier alpha value is -3.35. The van der Waals surface area contributed by atoms with Crippen molar-refractivity contribution in [2.75, 3.05) is 32.2 Å². The van der Waals surface area contributed by atoms with Crippen LogP contribution in [-0.4, -0.2) is 43.2 Å². The Bertz CT molecular complexity index is 1060. The number of fused-ring (bicyclic) bond motifs is 1. The van der Waals surface area contributed by atoms with E-state index >= 15 is 0 Å². The molecule has 0 atom stereocenters. The molecule has 1 aromatic carbocycles. The normalized spacial score (nSPS) is 14.5. The topological polar surface area (TPSA) is 76.6 Å². The Balaban J connectivity index is 1.42. The van der Waals surface area contributed by atoms with Crippen LogP contribution in [0.2, 0.25) is 0 Å². The molecule has 1 aliphatic rings. The molecule has 0 aliphatic carbocycles. The molecule has 7 heteroatoms. The number of anilines is 1. The SMILES string of the molecule is COc1cc2nc(N3CCC(C(=O)NCc4ccccn4)CC3)cc(C)c2cc1OC. The number of hydrogen-bond acceptors (Lipinski definition) is 6. The summed E-state index contributed by atoms with van der Waals surface area (Å²) in [5.74, 6) is 2.42. The highest BCUT2D eigenvalue weighted by Crippen LogP contribution is 2.34. The summed E-state index contributed by atoms with van der Waals surface area (Å²) in [6, 6.07) is 11.7. The zero-order valence-electron chi connectivity index (χ0n) is 18.2. The molecule has 31 heavy (non-hydrogen) atoms. The zero-order chi connectivity index (χ0) is 21.8. The fraction of sp³-hybridized carbons (Fsp3) is 0.375. The second-order valence-corrected chi connectivity index (χ2v) is 7.82. The van der Waals surface area contributed by atoms with Crippen molar-refractivity contribution in [2.24, 2.45) is 5.92 Å². The number of piperidine rings is 1. The summed E-state index contributed by atoms with van der Waals surface area (Å²) in [5, 5.41) is 4.07. The van der Waals surface area contributed by atoms with Crippen molar-refractivity contribution in [3.8, 4) is 11.5 Å². The van der Waals surface area contributed by atoms with Gasteiger partial charge in [-0.1, -0.05) is 6.07 Å². The molecule has 1 saturated heterocycles. The highest BCUT2D eigenvalue weighted by atomic mass is 16.5. The van der Waals surface area contributed by atoms with Crippen molar-refractivity contribution in [3.63, 3.8) is 0 Å². The standard InChI is InChI=1S/C24H28N4O3/c1-16-12-23(27-20-14-22(31-3)21(30-2)13-19(16)20)28-10-7-17(8-11-28)24(29)26-15-18-6-4-5-9-25-18/h4-6,9,12-14,17H,7-8,10-11,15H2,1-3H3,(H,26,29). The van der Waals surface area contributed by atoms with E-state index in [-0.39, 0.29) is 11.8 Å². The van der Waals surface area contributed by atoms with Crippen molar-refractivity contribution >= 4 is 22.6 Å². The minimum absolute atomic E-state index is 0.0193. The Morgan fingerprint density at radius 3 is 2.55 bits per heavy atom. The molecule has 162 valence electrons. The van der Waals surface area contributed by atoms with Gasteiger partial charge in [-0.05, 0) is 49.6 Å². The van der Waals surface area contributed by atoms with Gasteiger partial charge in [0.2, 0.25) is 5.91 Å². The number of aromatic nitrogens is 2. The second-order valence-electron chi connectivity index (χ2n) is 7.82. The van der Waals surface area contributed by atoms with Gasteiger partial charge in [-0.25, -0.2) is 4.98 Å². The molecule has 0 bridgehead atoms. The van der Waals surface area contributed by atoms with Crippen LogP contribution >= 0.6 is 0 Å². The highest BCUT2D eigenvalue weighted by molar-refractivity contribution is 5.87. The number of carbonyl (C=O) groups is 1. The number of hydrogen-bond donors (Lipinski definition) is 1. The number of ether oxygens (including phenoxy) is 2. The molecule has 4 rings (SSSR count). The number of nitrogens with zero attached hydrogens (tertiary/aromatic N) is 3. The molecule has 0 spiro atoms. The van der Waals surface area contributed by atoms with Crippen molar-refractivity contribution in [3.05, 3.63) is 53.9 Å². The third kappa shape index (κ3) is 4.55. The average Bonchev–Trinajstić information content (AvgIpc) is 2.82. The molecular formula is C24H28N4O3. The lowest BCUT2D eigenvalue weighted by atomic mass is 9.95. The monoisotopic (exact) mass is 420 g/mol.